The molecule has 0 aromatic rings. The molecule has 0 bridgehead atoms. The summed E-state index contributed by atoms with van der Waals surface area (Å²) >= 11 is 0. The first-order chi connectivity index (χ1) is 8.21. The Morgan fingerprint density at radius 2 is 2.00 bits per heavy atom. The summed E-state index contributed by atoms with van der Waals surface area (Å²) in [5.41, 5.74) is 0. The highest BCUT2D eigenvalue weighted by Gasteiger charge is 2.30. The Kier molecular flexibility index (Phi) is 4.72. The first-order valence-electron chi connectivity index (χ1n) is 5.94. The van der Waals surface area contributed by atoms with Gasteiger partial charge in [-0.15, -0.1) is 0 Å². The Morgan fingerprint density at radius 1 is 1.39 bits per heavy atom. The number of nitrogens with one attached hydrogen (secondary N) is 1. The van der Waals surface area contributed by atoms with E-state index in [0.29, 0.717) is 6.42 Å². The van der Waals surface area contributed by atoms with E-state index in [4.69, 9.17) is 5.11 Å². The van der Waals surface area contributed by atoms with Crippen molar-refractivity contribution in [2.45, 2.75) is 32.7 Å². The molecule has 18 heavy (non-hydrogen) atoms. The Bertz CT molecular complexity index is 431. The van der Waals surface area contributed by atoms with Gasteiger partial charge in [-0.3, -0.25) is 9.59 Å². The zero-order valence-corrected chi connectivity index (χ0v) is 11.4. The number of rotatable bonds is 5. The van der Waals surface area contributed by atoms with Crippen LogP contribution in [0.1, 0.15) is 26.7 Å². The number of amides is 1. The van der Waals surface area contributed by atoms with Gasteiger partial charge in [0.2, 0.25) is 5.91 Å². The van der Waals surface area contributed by atoms with Crippen LogP contribution in [0.2, 0.25) is 0 Å². The predicted octanol–water partition coefficient (Wildman–Crippen LogP) is 0.0366. The van der Waals surface area contributed by atoms with E-state index in [1.54, 1.807) is 6.92 Å². The first kappa shape index (κ1) is 14.9. The van der Waals surface area contributed by atoms with Crippen molar-refractivity contribution >= 4 is 21.7 Å². The highest BCUT2D eigenvalue weighted by molar-refractivity contribution is 7.91. The summed E-state index contributed by atoms with van der Waals surface area (Å²) in [5, 5.41) is 11.4. The van der Waals surface area contributed by atoms with Gasteiger partial charge >= 0.3 is 5.97 Å². The van der Waals surface area contributed by atoms with E-state index in [-0.39, 0.29) is 29.8 Å². The van der Waals surface area contributed by atoms with Crippen molar-refractivity contribution in [1.29, 1.82) is 0 Å². The standard InChI is InChI=1S/C11H19NO5S/c1-7(11(14)15)8(2)12-10(13)5-9-3-4-18(16,17)6-9/h7-9H,3-6H2,1-2H3,(H,12,13)(H,14,15). The lowest BCUT2D eigenvalue weighted by atomic mass is 10.0. The molecule has 1 aliphatic rings. The van der Waals surface area contributed by atoms with Crippen molar-refractivity contribution in [3.63, 3.8) is 0 Å². The van der Waals surface area contributed by atoms with Gasteiger partial charge in [0.05, 0.1) is 17.4 Å². The fraction of sp³-hybridized carbons (Fsp3) is 0.818. The molecular formula is C11H19NO5S. The number of hydrogen-bond acceptors (Lipinski definition) is 4. The zero-order valence-electron chi connectivity index (χ0n) is 10.5. The molecule has 7 heteroatoms. The van der Waals surface area contributed by atoms with Gasteiger partial charge in [0, 0.05) is 12.5 Å². The number of carbonyl (C=O) groups is 2. The minimum Gasteiger partial charge on any atom is -0.481 e. The number of carboxylic acid groups (broad SMARTS) is 1. The molecular weight excluding hydrogens is 258 g/mol. The number of aliphatic carboxylic acids is 1. The van der Waals surface area contributed by atoms with E-state index in [0.717, 1.165) is 0 Å². The molecule has 1 heterocycles. The largest absolute Gasteiger partial charge is 0.481 e. The van der Waals surface area contributed by atoms with Gasteiger partial charge in [-0.05, 0) is 26.2 Å². The molecule has 1 aliphatic heterocycles. The van der Waals surface area contributed by atoms with Crippen molar-refractivity contribution in [3.05, 3.63) is 0 Å². The smallest absolute Gasteiger partial charge is 0.308 e. The molecule has 0 spiro atoms. The molecule has 1 saturated heterocycles. The number of sulfone groups is 1. The summed E-state index contributed by atoms with van der Waals surface area (Å²) in [5.74, 6) is -1.84. The summed E-state index contributed by atoms with van der Waals surface area (Å²) in [6.07, 6.45) is 0.661. The van der Waals surface area contributed by atoms with Crippen LogP contribution >= 0.6 is 0 Å². The second-order valence-corrected chi connectivity index (χ2v) is 7.19. The number of hydrogen-bond donors (Lipinski definition) is 2. The van der Waals surface area contributed by atoms with E-state index < -0.39 is 27.8 Å². The van der Waals surface area contributed by atoms with Crippen LogP contribution in [0, 0.1) is 11.8 Å². The summed E-state index contributed by atoms with van der Waals surface area (Å²) in [7, 11) is -2.97. The van der Waals surface area contributed by atoms with Gasteiger partial charge in [0.1, 0.15) is 0 Å². The summed E-state index contributed by atoms with van der Waals surface area (Å²) in [6.45, 7) is 3.15. The fourth-order valence-electron chi connectivity index (χ4n) is 1.95. The highest BCUT2D eigenvalue weighted by Crippen LogP contribution is 2.21. The molecule has 3 atom stereocenters. The third kappa shape index (κ3) is 4.29. The van der Waals surface area contributed by atoms with E-state index >= 15 is 0 Å². The average Bonchev–Trinajstić information content (AvgIpc) is 2.56. The van der Waals surface area contributed by atoms with Crippen LogP contribution in [0.5, 0.6) is 0 Å². The molecule has 1 rings (SSSR count). The van der Waals surface area contributed by atoms with Crippen molar-refractivity contribution < 1.29 is 23.1 Å². The Balaban J connectivity index is 2.41. The lowest BCUT2D eigenvalue weighted by Gasteiger charge is -2.18. The van der Waals surface area contributed by atoms with Gasteiger partial charge in [-0.1, -0.05) is 0 Å². The molecule has 2 N–H and O–H groups in total. The monoisotopic (exact) mass is 277 g/mol. The van der Waals surface area contributed by atoms with Crippen LogP contribution in [0.3, 0.4) is 0 Å². The lowest BCUT2D eigenvalue weighted by Crippen LogP contribution is -2.40. The van der Waals surface area contributed by atoms with E-state index in [1.807, 2.05) is 0 Å². The van der Waals surface area contributed by atoms with Crippen LogP contribution in [0.25, 0.3) is 0 Å². The summed E-state index contributed by atoms with van der Waals surface area (Å²) in [6, 6.07) is -0.465. The quantitative estimate of drug-likeness (QED) is 0.738. The van der Waals surface area contributed by atoms with E-state index in [2.05, 4.69) is 5.32 Å². The number of carbonyl (C=O) groups excluding carboxylic acids is 1. The maximum atomic E-state index is 11.6. The third-order valence-electron chi connectivity index (χ3n) is 3.33. The van der Waals surface area contributed by atoms with Crippen LogP contribution < -0.4 is 5.32 Å². The molecule has 0 aromatic carbocycles. The Hall–Kier alpha value is -1.11. The fourth-order valence-corrected chi connectivity index (χ4v) is 3.81. The van der Waals surface area contributed by atoms with E-state index in [1.165, 1.54) is 6.92 Å². The van der Waals surface area contributed by atoms with Crippen LogP contribution in [-0.4, -0.2) is 42.9 Å². The maximum absolute atomic E-state index is 11.6. The van der Waals surface area contributed by atoms with Crippen LogP contribution in [-0.2, 0) is 19.4 Å². The normalized spacial score (nSPS) is 25.3. The molecule has 104 valence electrons. The molecule has 6 nitrogen and oxygen atoms in total. The predicted molar refractivity (Wildman–Crippen MR) is 65.8 cm³/mol. The van der Waals surface area contributed by atoms with Crippen molar-refractivity contribution in [3.8, 4) is 0 Å². The minimum atomic E-state index is -2.97. The third-order valence-corrected chi connectivity index (χ3v) is 5.17. The topological polar surface area (TPSA) is 101 Å². The van der Waals surface area contributed by atoms with Gasteiger partial charge in [-0.2, -0.15) is 0 Å². The maximum Gasteiger partial charge on any atom is 0.308 e. The van der Waals surface area contributed by atoms with Crippen LogP contribution in [0.4, 0.5) is 0 Å². The van der Waals surface area contributed by atoms with Gasteiger partial charge in [0.15, 0.2) is 9.84 Å². The summed E-state index contributed by atoms with van der Waals surface area (Å²) in [4.78, 5) is 22.4. The van der Waals surface area contributed by atoms with Gasteiger partial charge in [0.25, 0.3) is 0 Å². The molecule has 0 radical (unpaired) electrons. The molecule has 1 amide bonds. The highest BCUT2D eigenvalue weighted by atomic mass is 32.2. The first-order valence-corrected chi connectivity index (χ1v) is 7.76. The second kappa shape index (κ2) is 5.69. The second-order valence-electron chi connectivity index (χ2n) is 4.96. The minimum absolute atomic E-state index is 0.0588. The van der Waals surface area contributed by atoms with Gasteiger partial charge < -0.3 is 10.4 Å². The van der Waals surface area contributed by atoms with Crippen molar-refractivity contribution in [2.24, 2.45) is 11.8 Å². The Labute approximate surface area is 107 Å². The zero-order chi connectivity index (χ0) is 13.9. The SMILES string of the molecule is CC(NC(=O)CC1CCS(=O)(=O)C1)C(C)C(=O)O. The van der Waals surface area contributed by atoms with Crippen molar-refractivity contribution in [1.82, 2.24) is 5.32 Å². The molecule has 3 unspecified atom stereocenters. The van der Waals surface area contributed by atoms with Crippen molar-refractivity contribution in [2.75, 3.05) is 11.5 Å². The molecule has 1 fully saturated rings. The van der Waals surface area contributed by atoms with E-state index in [9.17, 15) is 18.0 Å². The average molecular weight is 277 g/mol. The van der Waals surface area contributed by atoms with Crippen LogP contribution in [0.15, 0.2) is 0 Å². The lowest BCUT2D eigenvalue weighted by molar-refractivity contribution is -0.142. The van der Waals surface area contributed by atoms with Gasteiger partial charge in [-0.25, -0.2) is 8.42 Å². The molecule has 0 aliphatic carbocycles. The molecule has 0 saturated carbocycles. The molecule has 0 aromatic heterocycles. The summed E-state index contributed by atoms with van der Waals surface area (Å²) < 4.78 is 22.5. The number of carboxylic acids is 1. The Morgan fingerprint density at radius 3 is 2.44 bits per heavy atom.